The van der Waals surface area contributed by atoms with Gasteiger partial charge in [0, 0.05) is 13.2 Å². The van der Waals surface area contributed by atoms with Gasteiger partial charge in [-0.1, -0.05) is 6.07 Å². The first-order valence-corrected chi connectivity index (χ1v) is 5.51. The number of rotatable bonds is 4. The van der Waals surface area contributed by atoms with E-state index in [1.165, 1.54) is 18.2 Å². The number of aromatic hydroxyl groups is 1. The number of nitrogens with two attached hydrogens (primary N) is 1. The van der Waals surface area contributed by atoms with E-state index in [4.69, 9.17) is 17.4 Å². The van der Waals surface area contributed by atoms with Gasteiger partial charge < -0.3 is 15.9 Å². The number of nitrogens with one attached hydrogen (secondary N) is 1. The van der Waals surface area contributed by atoms with Gasteiger partial charge in [-0.25, -0.2) is 4.85 Å². The van der Waals surface area contributed by atoms with Crippen molar-refractivity contribution in [2.24, 2.45) is 10.7 Å². The van der Waals surface area contributed by atoms with Crippen LogP contribution in [0.4, 0.5) is 5.69 Å². The lowest BCUT2D eigenvalue weighted by Gasteiger charge is -2.06. The second-order valence-electron chi connectivity index (χ2n) is 3.61. The fourth-order valence-corrected chi connectivity index (χ4v) is 1.27. The Balaban J connectivity index is 2.78. The van der Waals surface area contributed by atoms with Crippen molar-refractivity contribution in [2.45, 2.75) is 6.42 Å². The van der Waals surface area contributed by atoms with E-state index in [2.05, 4.69) is 15.2 Å². The van der Waals surface area contributed by atoms with Crippen LogP contribution in [-0.4, -0.2) is 35.2 Å². The molecular weight excluding hydrogens is 248 g/mol. The first kappa shape index (κ1) is 14.5. The minimum atomic E-state index is -0.645. The molecule has 19 heavy (non-hydrogen) atoms. The van der Waals surface area contributed by atoms with E-state index in [9.17, 15) is 9.90 Å². The van der Waals surface area contributed by atoms with Gasteiger partial charge in [0.05, 0.1) is 12.1 Å². The molecule has 1 amide bonds. The van der Waals surface area contributed by atoms with E-state index in [0.717, 1.165) is 0 Å². The maximum Gasteiger partial charge on any atom is 0.260 e. The average Bonchev–Trinajstić information content (AvgIpc) is 2.39. The minimum absolute atomic E-state index is 0.0153. The summed E-state index contributed by atoms with van der Waals surface area (Å²) in [7, 11) is 0. The largest absolute Gasteiger partial charge is 0.507 e. The van der Waals surface area contributed by atoms with E-state index in [-0.39, 0.29) is 36.1 Å². The summed E-state index contributed by atoms with van der Waals surface area (Å²) in [5.41, 5.74) is 5.66. The van der Waals surface area contributed by atoms with Crippen LogP contribution in [0.2, 0.25) is 0 Å². The third-order valence-corrected chi connectivity index (χ3v) is 2.19. The van der Waals surface area contributed by atoms with Crippen molar-refractivity contribution in [1.82, 2.24) is 5.32 Å². The lowest BCUT2D eigenvalue weighted by Crippen LogP contribution is -2.37. The number of hydrogen-bond donors (Lipinski definition) is 4. The Hall–Kier alpha value is -2.59. The standard InChI is InChI=1S/C12H14N4O3/c1-14-8-3-4-10(18)9(7-8)11(19)16-12(13)15-5-2-6-17/h3-4,7,17-18H,2,5-6H2,(H3,13,15,16,19). The Morgan fingerprint density at radius 3 is 2.89 bits per heavy atom. The van der Waals surface area contributed by atoms with E-state index < -0.39 is 5.91 Å². The van der Waals surface area contributed by atoms with Crippen LogP contribution in [0.3, 0.4) is 0 Å². The summed E-state index contributed by atoms with van der Waals surface area (Å²) in [5, 5.41) is 20.4. The maximum atomic E-state index is 11.8. The van der Waals surface area contributed by atoms with Crippen LogP contribution in [0.15, 0.2) is 23.2 Å². The summed E-state index contributed by atoms with van der Waals surface area (Å²) in [4.78, 5) is 18.8. The fourth-order valence-electron chi connectivity index (χ4n) is 1.27. The first-order chi connectivity index (χ1) is 9.08. The smallest absolute Gasteiger partial charge is 0.260 e. The zero-order valence-electron chi connectivity index (χ0n) is 10.1. The highest BCUT2D eigenvalue weighted by Crippen LogP contribution is 2.23. The number of amides is 1. The van der Waals surface area contributed by atoms with Gasteiger partial charge in [-0.3, -0.25) is 15.1 Å². The molecule has 0 aliphatic rings. The number of carbonyl (C=O) groups excluding carboxylic acids is 1. The van der Waals surface area contributed by atoms with Crippen LogP contribution in [0.5, 0.6) is 5.75 Å². The summed E-state index contributed by atoms with van der Waals surface area (Å²) in [6.07, 6.45) is 0.440. The van der Waals surface area contributed by atoms with Crippen LogP contribution >= 0.6 is 0 Å². The molecule has 0 bridgehead atoms. The summed E-state index contributed by atoms with van der Waals surface area (Å²) in [5.74, 6) is -0.993. The van der Waals surface area contributed by atoms with Crippen LogP contribution in [0, 0.1) is 6.57 Å². The molecule has 0 unspecified atom stereocenters. The minimum Gasteiger partial charge on any atom is -0.507 e. The zero-order valence-corrected chi connectivity index (χ0v) is 10.1. The second kappa shape index (κ2) is 6.98. The monoisotopic (exact) mass is 262 g/mol. The molecular formula is C12H14N4O3. The van der Waals surface area contributed by atoms with E-state index in [0.29, 0.717) is 6.42 Å². The molecule has 0 atom stereocenters. The number of phenolic OH excluding ortho intramolecular Hbond substituents is 1. The van der Waals surface area contributed by atoms with Crippen molar-refractivity contribution in [3.8, 4) is 5.75 Å². The number of phenols is 1. The van der Waals surface area contributed by atoms with Crippen molar-refractivity contribution in [1.29, 1.82) is 0 Å². The molecule has 0 saturated carbocycles. The molecule has 1 aromatic rings. The molecule has 7 nitrogen and oxygen atoms in total. The Morgan fingerprint density at radius 1 is 1.53 bits per heavy atom. The first-order valence-electron chi connectivity index (χ1n) is 5.51. The van der Waals surface area contributed by atoms with E-state index in [1.807, 2.05) is 0 Å². The van der Waals surface area contributed by atoms with Gasteiger partial charge in [0.1, 0.15) is 5.75 Å². The third-order valence-electron chi connectivity index (χ3n) is 2.19. The molecule has 7 heteroatoms. The van der Waals surface area contributed by atoms with Crippen molar-refractivity contribution in [3.05, 3.63) is 35.2 Å². The fraction of sp³-hybridized carbons (Fsp3) is 0.250. The third kappa shape index (κ3) is 4.29. The topological polar surface area (TPSA) is 112 Å². The van der Waals surface area contributed by atoms with Gasteiger partial charge in [-0.15, -0.1) is 0 Å². The molecule has 0 spiro atoms. The summed E-state index contributed by atoms with van der Waals surface area (Å²) in [6.45, 7) is 7.12. The van der Waals surface area contributed by atoms with Crippen molar-refractivity contribution < 1.29 is 15.0 Å². The number of carbonyl (C=O) groups is 1. The van der Waals surface area contributed by atoms with Gasteiger partial charge in [0.2, 0.25) is 0 Å². The maximum absolute atomic E-state index is 11.8. The Morgan fingerprint density at radius 2 is 2.26 bits per heavy atom. The van der Waals surface area contributed by atoms with Gasteiger partial charge in [0.25, 0.3) is 5.91 Å². The van der Waals surface area contributed by atoms with Gasteiger partial charge >= 0.3 is 0 Å². The number of guanidine groups is 1. The molecule has 1 aromatic carbocycles. The number of aliphatic imine (C=N–C) groups is 1. The lowest BCUT2D eigenvalue weighted by atomic mass is 10.1. The summed E-state index contributed by atoms with van der Waals surface area (Å²) in [6, 6.07) is 3.93. The number of hydrogen-bond acceptors (Lipinski definition) is 4. The highest BCUT2D eigenvalue weighted by Gasteiger charge is 2.12. The quantitative estimate of drug-likeness (QED) is 0.272. The number of aliphatic hydroxyl groups excluding tert-OH is 1. The van der Waals surface area contributed by atoms with E-state index in [1.54, 1.807) is 0 Å². The molecule has 0 aliphatic carbocycles. The van der Waals surface area contributed by atoms with Crippen molar-refractivity contribution in [3.63, 3.8) is 0 Å². The summed E-state index contributed by atoms with van der Waals surface area (Å²) >= 11 is 0. The van der Waals surface area contributed by atoms with Crippen LogP contribution < -0.4 is 11.1 Å². The molecule has 5 N–H and O–H groups in total. The zero-order chi connectivity index (χ0) is 14.3. The average molecular weight is 262 g/mol. The molecule has 0 radical (unpaired) electrons. The van der Waals surface area contributed by atoms with Gasteiger partial charge in [-0.2, -0.15) is 0 Å². The highest BCUT2D eigenvalue weighted by atomic mass is 16.3. The lowest BCUT2D eigenvalue weighted by molar-refractivity contribution is 0.0974. The SMILES string of the molecule is [C-]#[N+]c1ccc(O)c(C(=O)NC(N)=NCCCO)c1. The van der Waals surface area contributed by atoms with Crippen molar-refractivity contribution >= 4 is 17.6 Å². The van der Waals surface area contributed by atoms with Crippen LogP contribution in [-0.2, 0) is 0 Å². The van der Waals surface area contributed by atoms with Crippen LogP contribution in [0.1, 0.15) is 16.8 Å². The summed E-state index contributed by atoms with van der Waals surface area (Å²) < 4.78 is 0. The highest BCUT2D eigenvalue weighted by molar-refractivity contribution is 6.07. The van der Waals surface area contributed by atoms with Crippen molar-refractivity contribution in [2.75, 3.05) is 13.2 Å². The Labute approximate surface area is 110 Å². The second-order valence-corrected chi connectivity index (χ2v) is 3.61. The molecule has 100 valence electrons. The normalized spacial score (nSPS) is 10.8. The van der Waals surface area contributed by atoms with Crippen LogP contribution in [0.25, 0.3) is 4.85 Å². The van der Waals surface area contributed by atoms with Gasteiger partial charge in [-0.05, 0) is 18.6 Å². The Bertz CT molecular complexity index is 534. The number of benzene rings is 1. The molecule has 0 aliphatic heterocycles. The predicted octanol–water partition coefficient (Wildman–Crippen LogP) is 0.370. The van der Waals surface area contributed by atoms with E-state index >= 15 is 0 Å². The number of aliphatic hydroxyl groups is 1. The molecule has 0 heterocycles. The van der Waals surface area contributed by atoms with Gasteiger partial charge in [0.15, 0.2) is 11.6 Å². The predicted molar refractivity (Wildman–Crippen MR) is 70.0 cm³/mol. The number of nitrogens with zero attached hydrogens (tertiary/aromatic N) is 2. The molecule has 1 rings (SSSR count). The molecule has 0 saturated heterocycles. The Kier molecular flexibility index (Phi) is 5.32. The molecule has 0 aromatic heterocycles. The molecule has 0 fully saturated rings.